The van der Waals surface area contributed by atoms with E-state index in [0.29, 0.717) is 11.7 Å². The molecule has 1 saturated carbocycles. The van der Waals surface area contributed by atoms with Crippen LogP contribution in [-0.4, -0.2) is 18.6 Å². The molecule has 1 aliphatic rings. The third kappa shape index (κ3) is 3.37. The van der Waals surface area contributed by atoms with Gasteiger partial charge in [-0.3, -0.25) is 0 Å². The molecule has 0 amide bonds. The molecule has 1 aromatic heterocycles. The van der Waals surface area contributed by atoms with Crippen LogP contribution >= 0.6 is 15.9 Å². The topological polar surface area (TPSA) is 99.1 Å². The molecule has 3 aromatic rings. The summed E-state index contributed by atoms with van der Waals surface area (Å²) in [5.41, 5.74) is 1.93. The van der Waals surface area contributed by atoms with Crippen LogP contribution in [0.2, 0.25) is 0 Å². The molecule has 2 aromatic carbocycles. The molecule has 25 heavy (non-hydrogen) atoms. The van der Waals surface area contributed by atoms with Gasteiger partial charge in [0.1, 0.15) is 0 Å². The lowest BCUT2D eigenvalue weighted by Crippen LogP contribution is -2.11. The van der Waals surface area contributed by atoms with Crippen LogP contribution in [0.1, 0.15) is 29.7 Å². The Morgan fingerprint density at radius 3 is 2.56 bits per heavy atom. The molecule has 2 N–H and O–H groups in total. The molecule has 128 valence electrons. The summed E-state index contributed by atoms with van der Waals surface area (Å²) in [6, 6.07) is 14.4. The summed E-state index contributed by atoms with van der Waals surface area (Å²) in [7, 11) is -3.67. The largest absolute Gasteiger partial charge is 0.339 e. The van der Waals surface area contributed by atoms with Gasteiger partial charge in [0.15, 0.2) is 0 Å². The van der Waals surface area contributed by atoms with Crippen LogP contribution in [0.25, 0.3) is 11.4 Å². The Morgan fingerprint density at radius 2 is 1.88 bits per heavy atom. The van der Waals surface area contributed by atoms with Gasteiger partial charge >= 0.3 is 0 Å². The molecule has 0 unspecified atom stereocenters. The lowest BCUT2D eigenvalue weighted by molar-refractivity contribution is 0.378. The van der Waals surface area contributed by atoms with Crippen LogP contribution in [0.5, 0.6) is 0 Å². The zero-order valence-corrected chi connectivity index (χ0v) is 15.4. The summed E-state index contributed by atoms with van der Waals surface area (Å²) in [5, 5.41) is 9.18. The molecular formula is C17H14BrN3O3S. The molecule has 6 nitrogen and oxygen atoms in total. The number of aromatic nitrogens is 2. The van der Waals surface area contributed by atoms with E-state index in [-0.39, 0.29) is 16.7 Å². The zero-order valence-electron chi connectivity index (χ0n) is 13.0. The lowest BCUT2D eigenvalue weighted by atomic mass is 10.1. The van der Waals surface area contributed by atoms with E-state index in [1.54, 1.807) is 12.1 Å². The number of nitrogens with two attached hydrogens (primary N) is 1. The van der Waals surface area contributed by atoms with Crippen molar-refractivity contribution in [3.63, 3.8) is 0 Å². The summed E-state index contributed by atoms with van der Waals surface area (Å²) < 4.78 is 29.0. The number of benzene rings is 2. The Hall–Kier alpha value is -2.03. The van der Waals surface area contributed by atoms with Crippen LogP contribution in [0, 0.1) is 0 Å². The van der Waals surface area contributed by atoms with Crippen LogP contribution in [0.15, 0.2) is 62.4 Å². The summed E-state index contributed by atoms with van der Waals surface area (Å²) in [5.74, 6) is 1.58. The third-order valence-electron chi connectivity index (χ3n) is 4.27. The number of halogens is 1. The number of hydrogen-bond donors (Lipinski definition) is 1. The highest BCUT2D eigenvalue weighted by molar-refractivity contribution is 9.10. The number of rotatable bonds is 4. The highest BCUT2D eigenvalue weighted by atomic mass is 79.9. The number of nitrogens with zero attached hydrogens (tertiary/aromatic N) is 2. The van der Waals surface area contributed by atoms with Crippen molar-refractivity contribution >= 4 is 26.0 Å². The van der Waals surface area contributed by atoms with Gasteiger partial charge in [-0.05, 0) is 42.2 Å². The van der Waals surface area contributed by atoms with Gasteiger partial charge in [-0.25, -0.2) is 13.6 Å². The lowest BCUT2D eigenvalue weighted by Gasteiger charge is -2.01. The SMILES string of the molecule is NS(=O)(=O)c1ccc([C@@H]2C[C@H]2c2nc(-c3cccc(Br)c3)no2)cc1. The fraction of sp³-hybridized carbons (Fsp3) is 0.176. The highest BCUT2D eigenvalue weighted by Crippen LogP contribution is 2.54. The zero-order chi connectivity index (χ0) is 17.6. The van der Waals surface area contributed by atoms with Gasteiger partial charge < -0.3 is 4.52 Å². The van der Waals surface area contributed by atoms with Gasteiger partial charge in [-0.2, -0.15) is 4.98 Å². The fourth-order valence-electron chi connectivity index (χ4n) is 2.87. The van der Waals surface area contributed by atoms with Gasteiger partial charge in [0.2, 0.25) is 21.7 Å². The Bertz CT molecular complexity index is 1030. The van der Waals surface area contributed by atoms with E-state index in [1.165, 1.54) is 12.1 Å². The maximum absolute atomic E-state index is 11.3. The van der Waals surface area contributed by atoms with Gasteiger partial charge in [-0.15, -0.1) is 0 Å². The Balaban J connectivity index is 1.52. The molecule has 1 aliphatic carbocycles. The normalized spacial score (nSPS) is 19.8. The van der Waals surface area contributed by atoms with E-state index in [4.69, 9.17) is 9.66 Å². The second-order valence-corrected chi connectivity index (χ2v) is 8.51. The van der Waals surface area contributed by atoms with Crippen molar-refractivity contribution < 1.29 is 12.9 Å². The Kier molecular flexibility index (Phi) is 3.98. The predicted octanol–water partition coefficient (Wildman–Crippen LogP) is 3.42. The summed E-state index contributed by atoms with van der Waals surface area (Å²) in [6.07, 6.45) is 0.898. The third-order valence-corrected chi connectivity index (χ3v) is 5.69. The molecule has 0 bridgehead atoms. The van der Waals surface area contributed by atoms with E-state index in [0.717, 1.165) is 22.0 Å². The van der Waals surface area contributed by atoms with Crippen LogP contribution < -0.4 is 5.14 Å². The maximum atomic E-state index is 11.3. The minimum Gasteiger partial charge on any atom is -0.339 e. The van der Waals surface area contributed by atoms with Gasteiger partial charge in [0.05, 0.1) is 4.90 Å². The number of primary sulfonamides is 1. The van der Waals surface area contributed by atoms with Crippen molar-refractivity contribution in [3.8, 4) is 11.4 Å². The van der Waals surface area contributed by atoms with Crippen LogP contribution in [-0.2, 0) is 10.0 Å². The summed E-state index contributed by atoms with van der Waals surface area (Å²) in [4.78, 5) is 4.62. The molecule has 2 atom stereocenters. The van der Waals surface area contributed by atoms with Crippen LogP contribution in [0.4, 0.5) is 0 Å². The molecular weight excluding hydrogens is 406 g/mol. The van der Waals surface area contributed by atoms with Crippen molar-refractivity contribution in [2.75, 3.05) is 0 Å². The monoisotopic (exact) mass is 419 g/mol. The summed E-state index contributed by atoms with van der Waals surface area (Å²) >= 11 is 3.43. The number of sulfonamides is 1. The van der Waals surface area contributed by atoms with Crippen molar-refractivity contribution in [2.24, 2.45) is 5.14 Å². The summed E-state index contributed by atoms with van der Waals surface area (Å²) in [6.45, 7) is 0. The predicted molar refractivity (Wildman–Crippen MR) is 95.3 cm³/mol. The second-order valence-electron chi connectivity index (χ2n) is 6.03. The molecule has 0 aliphatic heterocycles. The average Bonchev–Trinajstić information content (AvgIpc) is 3.22. The van der Waals surface area contributed by atoms with Crippen LogP contribution in [0.3, 0.4) is 0 Å². The van der Waals surface area contributed by atoms with Crippen molar-refractivity contribution in [3.05, 3.63) is 64.5 Å². The van der Waals surface area contributed by atoms with Gasteiger partial charge in [0, 0.05) is 16.0 Å². The van der Waals surface area contributed by atoms with Crippen molar-refractivity contribution in [1.29, 1.82) is 0 Å². The second kappa shape index (κ2) is 6.05. The molecule has 1 fully saturated rings. The first-order chi connectivity index (χ1) is 11.9. The van der Waals surface area contributed by atoms with E-state index in [9.17, 15) is 8.42 Å². The first-order valence-corrected chi connectivity index (χ1v) is 9.98. The Labute approximate surface area is 153 Å². The van der Waals surface area contributed by atoms with E-state index in [1.807, 2.05) is 24.3 Å². The van der Waals surface area contributed by atoms with Crippen molar-refractivity contribution in [1.82, 2.24) is 10.1 Å². The molecule has 0 spiro atoms. The quantitative estimate of drug-likeness (QED) is 0.698. The Morgan fingerprint density at radius 1 is 1.12 bits per heavy atom. The molecule has 1 heterocycles. The first-order valence-electron chi connectivity index (χ1n) is 7.64. The van der Waals surface area contributed by atoms with Gasteiger partial charge in [-0.1, -0.05) is 45.4 Å². The fourth-order valence-corrected chi connectivity index (χ4v) is 3.79. The first kappa shape index (κ1) is 16.4. The average molecular weight is 420 g/mol. The molecule has 4 rings (SSSR count). The molecule has 0 radical (unpaired) electrons. The minimum atomic E-state index is -3.67. The maximum Gasteiger partial charge on any atom is 0.238 e. The van der Waals surface area contributed by atoms with E-state index < -0.39 is 10.0 Å². The number of hydrogen-bond acceptors (Lipinski definition) is 5. The standard InChI is InChI=1S/C17H14BrN3O3S/c18-12-3-1-2-11(8-12)16-20-17(24-21-16)15-9-14(15)10-4-6-13(7-5-10)25(19,22)23/h1-8,14-15H,9H2,(H2,19,22,23)/t14-,15+/m0/s1. The van der Waals surface area contributed by atoms with E-state index in [2.05, 4.69) is 26.1 Å². The van der Waals surface area contributed by atoms with Gasteiger partial charge in [0.25, 0.3) is 0 Å². The van der Waals surface area contributed by atoms with E-state index >= 15 is 0 Å². The molecule has 8 heteroatoms. The minimum absolute atomic E-state index is 0.114. The van der Waals surface area contributed by atoms with Crippen molar-refractivity contribution in [2.45, 2.75) is 23.2 Å². The smallest absolute Gasteiger partial charge is 0.238 e. The molecule has 0 saturated heterocycles. The highest BCUT2D eigenvalue weighted by Gasteiger charge is 2.43.